The summed E-state index contributed by atoms with van der Waals surface area (Å²) in [6.45, 7) is 0.274. The molecule has 0 amide bonds. The largest absolute Gasteiger partial charge is 0.408 e. The number of alkyl halides is 3. The minimum atomic E-state index is -4.32. The lowest BCUT2D eigenvalue weighted by molar-refractivity contribution is -0.146. The zero-order valence-corrected chi connectivity index (χ0v) is 13.6. The van der Waals surface area contributed by atoms with Gasteiger partial charge in [0.05, 0.1) is 11.2 Å². The molecule has 0 radical (unpaired) electrons. The molecule has 26 heavy (non-hydrogen) atoms. The van der Waals surface area contributed by atoms with E-state index in [0.29, 0.717) is 29.0 Å². The zero-order valence-electron chi connectivity index (χ0n) is 13.6. The molecule has 1 atom stereocenters. The number of hydrogen-bond acceptors (Lipinski definition) is 6. The summed E-state index contributed by atoms with van der Waals surface area (Å²) >= 11 is 0. The molecule has 1 saturated heterocycles. The van der Waals surface area contributed by atoms with Crippen molar-refractivity contribution in [2.24, 2.45) is 0 Å². The Balaban J connectivity index is 1.76. The highest BCUT2D eigenvalue weighted by Crippen LogP contribution is 2.36. The minimum absolute atomic E-state index is 0.0438. The number of nitrogens with one attached hydrogen (secondary N) is 1. The SMILES string of the molecule is Nc1nc(-c2ccc3c(N)n[nH]c3c2)cc(N2CCCC2C(F)(F)F)n1. The number of benzene rings is 1. The molecular formula is C16H16F3N7. The van der Waals surface area contributed by atoms with E-state index in [4.69, 9.17) is 11.5 Å². The Morgan fingerprint density at radius 1 is 1.15 bits per heavy atom. The van der Waals surface area contributed by atoms with E-state index in [2.05, 4.69) is 20.2 Å². The number of fused-ring (bicyclic) bond motifs is 1. The van der Waals surface area contributed by atoms with Gasteiger partial charge in [-0.05, 0) is 25.0 Å². The smallest absolute Gasteiger partial charge is 0.382 e. The fourth-order valence-electron chi connectivity index (χ4n) is 3.33. The monoisotopic (exact) mass is 363 g/mol. The highest BCUT2D eigenvalue weighted by molar-refractivity contribution is 5.91. The van der Waals surface area contributed by atoms with Crippen LogP contribution in [-0.4, -0.2) is 38.9 Å². The molecule has 136 valence electrons. The van der Waals surface area contributed by atoms with Crippen molar-refractivity contribution in [1.82, 2.24) is 20.2 Å². The lowest BCUT2D eigenvalue weighted by atomic mass is 10.1. The maximum absolute atomic E-state index is 13.3. The quantitative estimate of drug-likeness (QED) is 0.646. The van der Waals surface area contributed by atoms with Gasteiger partial charge in [-0.3, -0.25) is 5.10 Å². The first-order chi connectivity index (χ1) is 12.3. The summed E-state index contributed by atoms with van der Waals surface area (Å²) in [6, 6.07) is 5.29. The summed E-state index contributed by atoms with van der Waals surface area (Å²) in [6.07, 6.45) is -3.83. The highest BCUT2D eigenvalue weighted by atomic mass is 19.4. The van der Waals surface area contributed by atoms with Crippen LogP contribution in [0.5, 0.6) is 0 Å². The van der Waals surface area contributed by atoms with Gasteiger partial charge in [0.25, 0.3) is 0 Å². The number of aromatic nitrogens is 4. The van der Waals surface area contributed by atoms with Crippen LogP contribution in [0.4, 0.5) is 30.8 Å². The Labute approximate surface area is 146 Å². The van der Waals surface area contributed by atoms with E-state index in [1.165, 1.54) is 11.0 Å². The van der Waals surface area contributed by atoms with E-state index in [1.54, 1.807) is 18.2 Å². The molecule has 1 aliphatic rings. The third kappa shape index (κ3) is 2.76. The van der Waals surface area contributed by atoms with Gasteiger partial charge in [-0.1, -0.05) is 6.07 Å². The number of rotatable bonds is 2. The van der Waals surface area contributed by atoms with Crippen LogP contribution in [0.3, 0.4) is 0 Å². The minimum Gasteiger partial charge on any atom is -0.382 e. The molecule has 7 nitrogen and oxygen atoms in total. The van der Waals surface area contributed by atoms with E-state index >= 15 is 0 Å². The standard InChI is InChI=1S/C16H16F3N7/c17-16(18,19)12-2-1-5-26(12)13-7-10(22-15(21)23-13)8-3-4-9-11(6-8)24-25-14(9)20/h3-4,6-7,12H,1-2,5H2,(H3,20,24,25)(H2,21,22,23). The normalized spacial score (nSPS) is 18.0. The molecule has 0 saturated carbocycles. The molecule has 2 aromatic heterocycles. The number of aromatic amines is 1. The molecule has 1 fully saturated rings. The summed E-state index contributed by atoms with van der Waals surface area (Å²) in [5.74, 6) is 0.477. The maximum atomic E-state index is 13.3. The van der Waals surface area contributed by atoms with Crippen LogP contribution in [0.1, 0.15) is 12.8 Å². The Morgan fingerprint density at radius 2 is 1.96 bits per heavy atom. The average molecular weight is 363 g/mol. The summed E-state index contributed by atoms with van der Waals surface area (Å²) < 4.78 is 39.8. The number of nitrogens with two attached hydrogens (primary N) is 2. The van der Waals surface area contributed by atoms with Crippen LogP contribution in [0.2, 0.25) is 0 Å². The van der Waals surface area contributed by atoms with Gasteiger partial charge >= 0.3 is 6.18 Å². The van der Waals surface area contributed by atoms with Crippen molar-refractivity contribution in [3.8, 4) is 11.3 Å². The molecule has 3 aromatic rings. The molecule has 0 aliphatic carbocycles. The van der Waals surface area contributed by atoms with Gasteiger partial charge in [-0.2, -0.15) is 23.3 Å². The molecule has 1 unspecified atom stereocenters. The average Bonchev–Trinajstić information content (AvgIpc) is 3.21. The van der Waals surface area contributed by atoms with Gasteiger partial charge < -0.3 is 16.4 Å². The third-order valence-electron chi connectivity index (χ3n) is 4.54. The number of halogens is 3. The molecule has 1 aromatic carbocycles. The van der Waals surface area contributed by atoms with Gasteiger partial charge in [0.15, 0.2) is 5.82 Å². The van der Waals surface area contributed by atoms with Crippen LogP contribution in [0.25, 0.3) is 22.2 Å². The molecule has 1 aliphatic heterocycles. The van der Waals surface area contributed by atoms with Crippen LogP contribution in [0.15, 0.2) is 24.3 Å². The van der Waals surface area contributed by atoms with E-state index < -0.39 is 12.2 Å². The molecule has 10 heteroatoms. The third-order valence-corrected chi connectivity index (χ3v) is 4.54. The number of nitrogen functional groups attached to an aromatic ring is 2. The highest BCUT2D eigenvalue weighted by Gasteiger charge is 2.46. The van der Waals surface area contributed by atoms with Gasteiger partial charge in [0, 0.05) is 23.6 Å². The van der Waals surface area contributed by atoms with Gasteiger partial charge in [-0.15, -0.1) is 0 Å². The van der Waals surface area contributed by atoms with Crippen molar-refractivity contribution in [3.05, 3.63) is 24.3 Å². The van der Waals surface area contributed by atoms with Crippen LogP contribution >= 0.6 is 0 Å². The number of hydrogen-bond donors (Lipinski definition) is 3. The first-order valence-corrected chi connectivity index (χ1v) is 8.05. The number of anilines is 3. The predicted octanol–water partition coefficient (Wildman–Crippen LogP) is 2.72. The van der Waals surface area contributed by atoms with Gasteiger partial charge in [0.2, 0.25) is 5.95 Å². The lowest BCUT2D eigenvalue weighted by Gasteiger charge is -2.27. The second-order valence-electron chi connectivity index (χ2n) is 6.23. The van der Waals surface area contributed by atoms with Crippen molar-refractivity contribution in [2.45, 2.75) is 25.1 Å². The molecular weight excluding hydrogens is 347 g/mol. The predicted molar refractivity (Wildman–Crippen MR) is 92.4 cm³/mol. The fraction of sp³-hybridized carbons (Fsp3) is 0.312. The topological polar surface area (TPSA) is 110 Å². The van der Waals surface area contributed by atoms with Crippen LogP contribution in [0, 0.1) is 0 Å². The lowest BCUT2D eigenvalue weighted by Crippen LogP contribution is -2.41. The van der Waals surface area contributed by atoms with E-state index in [-0.39, 0.29) is 24.7 Å². The fourth-order valence-corrected chi connectivity index (χ4v) is 3.33. The van der Waals surface area contributed by atoms with E-state index in [1.807, 2.05) is 0 Å². The summed E-state index contributed by atoms with van der Waals surface area (Å²) in [5.41, 5.74) is 13.3. The van der Waals surface area contributed by atoms with Crippen molar-refractivity contribution >= 4 is 28.5 Å². The van der Waals surface area contributed by atoms with Crippen LogP contribution in [-0.2, 0) is 0 Å². The second-order valence-corrected chi connectivity index (χ2v) is 6.23. The van der Waals surface area contributed by atoms with E-state index in [9.17, 15) is 13.2 Å². The Hall–Kier alpha value is -3.04. The summed E-state index contributed by atoms with van der Waals surface area (Å²) in [5, 5.41) is 7.49. The molecule has 0 bridgehead atoms. The van der Waals surface area contributed by atoms with Crippen molar-refractivity contribution in [1.29, 1.82) is 0 Å². The zero-order chi connectivity index (χ0) is 18.5. The number of nitrogens with zero attached hydrogens (tertiary/aromatic N) is 4. The summed E-state index contributed by atoms with van der Waals surface area (Å²) in [4.78, 5) is 9.44. The Kier molecular flexibility index (Phi) is 3.63. The number of H-pyrrole nitrogens is 1. The Bertz CT molecular complexity index is 966. The first-order valence-electron chi connectivity index (χ1n) is 8.05. The van der Waals surface area contributed by atoms with Gasteiger partial charge in [-0.25, -0.2) is 4.98 Å². The van der Waals surface area contributed by atoms with Crippen molar-refractivity contribution < 1.29 is 13.2 Å². The second kappa shape index (κ2) is 5.75. The van der Waals surface area contributed by atoms with Crippen molar-refractivity contribution in [3.63, 3.8) is 0 Å². The first kappa shape index (κ1) is 16.4. The Morgan fingerprint density at radius 3 is 2.73 bits per heavy atom. The van der Waals surface area contributed by atoms with Gasteiger partial charge in [0.1, 0.15) is 11.9 Å². The van der Waals surface area contributed by atoms with Crippen molar-refractivity contribution in [2.75, 3.05) is 22.9 Å². The molecule has 3 heterocycles. The van der Waals surface area contributed by atoms with Crippen LogP contribution < -0.4 is 16.4 Å². The van der Waals surface area contributed by atoms with E-state index in [0.717, 1.165) is 5.39 Å². The molecule has 0 spiro atoms. The molecule has 5 N–H and O–H groups in total. The maximum Gasteiger partial charge on any atom is 0.408 e. The summed E-state index contributed by atoms with van der Waals surface area (Å²) in [7, 11) is 0. The molecule has 4 rings (SSSR count).